The van der Waals surface area contributed by atoms with Gasteiger partial charge in [0.1, 0.15) is 5.82 Å². The lowest BCUT2D eigenvalue weighted by molar-refractivity contribution is -0.121. The average molecular weight is 376 g/mol. The maximum absolute atomic E-state index is 12.7. The van der Waals surface area contributed by atoms with Gasteiger partial charge in [-0.1, -0.05) is 30.3 Å². The van der Waals surface area contributed by atoms with Crippen LogP contribution in [0.3, 0.4) is 0 Å². The van der Waals surface area contributed by atoms with E-state index >= 15 is 0 Å². The van der Waals surface area contributed by atoms with Crippen molar-refractivity contribution in [2.24, 2.45) is 0 Å². The van der Waals surface area contributed by atoms with E-state index in [1.165, 1.54) is 0 Å². The number of aromatic nitrogens is 3. The van der Waals surface area contributed by atoms with Crippen molar-refractivity contribution in [3.63, 3.8) is 0 Å². The summed E-state index contributed by atoms with van der Waals surface area (Å²) in [4.78, 5) is 20.5. The zero-order chi connectivity index (χ0) is 19.5. The summed E-state index contributed by atoms with van der Waals surface area (Å²) in [6.45, 7) is 3.33. The van der Waals surface area contributed by atoms with E-state index in [2.05, 4.69) is 38.2 Å². The van der Waals surface area contributed by atoms with Crippen LogP contribution in [0.2, 0.25) is 0 Å². The summed E-state index contributed by atoms with van der Waals surface area (Å²) in [5.74, 6) is 0.736. The van der Waals surface area contributed by atoms with Gasteiger partial charge >= 0.3 is 0 Å². The number of rotatable bonds is 7. The molecule has 0 fully saturated rings. The van der Waals surface area contributed by atoms with E-state index in [0.29, 0.717) is 13.0 Å². The first kappa shape index (κ1) is 18.3. The van der Waals surface area contributed by atoms with E-state index in [0.717, 1.165) is 39.9 Å². The molecule has 144 valence electrons. The number of methoxy groups -OCH3 is 1. The van der Waals surface area contributed by atoms with Gasteiger partial charge in [-0.2, -0.15) is 0 Å². The van der Waals surface area contributed by atoms with Gasteiger partial charge in [0, 0.05) is 30.8 Å². The zero-order valence-electron chi connectivity index (χ0n) is 16.1. The Labute approximate surface area is 163 Å². The highest BCUT2D eigenvalue weighted by molar-refractivity contribution is 5.89. The van der Waals surface area contributed by atoms with Gasteiger partial charge in [-0.3, -0.25) is 4.79 Å². The summed E-state index contributed by atoms with van der Waals surface area (Å²) in [7, 11) is 1.69. The Kier molecular flexibility index (Phi) is 5.12. The first-order chi connectivity index (χ1) is 13.7. The molecule has 4 rings (SSSR count). The van der Waals surface area contributed by atoms with Gasteiger partial charge in [-0.25, -0.2) is 4.98 Å². The Bertz CT molecular complexity index is 1080. The molecule has 6 heteroatoms. The molecule has 2 N–H and O–H groups in total. The quantitative estimate of drug-likeness (QED) is 0.518. The highest BCUT2D eigenvalue weighted by Gasteiger charge is 2.16. The molecule has 28 heavy (non-hydrogen) atoms. The fourth-order valence-electron chi connectivity index (χ4n) is 3.55. The maximum atomic E-state index is 12.7. The van der Waals surface area contributed by atoms with E-state index in [1.807, 2.05) is 43.3 Å². The molecule has 2 aromatic carbocycles. The summed E-state index contributed by atoms with van der Waals surface area (Å²) in [6.07, 6.45) is 2.38. The fraction of sp³-hybridized carbons (Fsp3) is 0.273. The first-order valence-electron chi connectivity index (χ1n) is 9.45. The van der Waals surface area contributed by atoms with Gasteiger partial charge in [0.25, 0.3) is 0 Å². The molecule has 0 spiro atoms. The van der Waals surface area contributed by atoms with Gasteiger partial charge < -0.3 is 19.6 Å². The van der Waals surface area contributed by atoms with E-state index < -0.39 is 0 Å². The van der Waals surface area contributed by atoms with E-state index in [1.54, 1.807) is 7.11 Å². The van der Waals surface area contributed by atoms with Crippen molar-refractivity contribution in [1.29, 1.82) is 0 Å². The minimum Gasteiger partial charge on any atom is -0.383 e. The number of hydrogen-bond acceptors (Lipinski definition) is 3. The molecule has 2 aromatic heterocycles. The number of H-pyrrole nitrogens is 1. The topological polar surface area (TPSA) is 71.9 Å². The minimum atomic E-state index is -0.193. The third kappa shape index (κ3) is 3.64. The van der Waals surface area contributed by atoms with Crippen LogP contribution >= 0.6 is 0 Å². The molecule has 2 heterocycles. The minimum absolute atomic E-state index is 0.0254. The highest BCUT2D eigenvalue weighted by atomic mass is 16.5. The number of benzene rings is 2. The highest BCUT2D eigenvalue weighted by Crippen LogP contribution is 2.22. The number of aromatic amines is 1. The molecular formula is C22H24N4O2. The molecule has 0 saturated heterocycles. The van der Waals surface area contributed by atoms with Gasteiger partial charge in [-0.05, 0) is 30.7 Å². The van der Waals surface area contributed by atoms with E-state index in [9.17, 15) is 4.79 Å². The molecule has 0 aliphatic carbocycles. The Hall–Kier alpha value is -3.12. The second-order valence-electron chi connectivity index (χ2n) is 6.96. The number of hydrogen-bond donors (Lipinski definition) is 2. The molecule has 0 unspecified atom stereocenters. The zero-order valence-corrected chi connectivity index (χ0v) is 16.1. The lowest BCUT2D eigenvalue weighted by Gasteiger charge is -2.11. The van der Waals surface area contributed by atoms with Crippen molar-refractivity contribution in [2.45, 2.75) is 25.9 Å². The Morgan fingerprint density at radius 2 is 2.00 bits per heavy atom. The number of ether oxygens (including phenoxy) is 1. The normalized spacial score (nSPS) is 12.5. The number of fused-ring (bicyclic) bond motifs is 2. The smallest absolute Gasteiger partial charge is 0.225 e. The molecule has 6 nitrogen and oxygen atoms in total. The third-order valence-electron chi connectivity index (χ3n) is 4.95. The SMILES string of the molecule is COCCn1cc(CC(=O)N[C@@H](C)c2nc3ccccc3[nH]2)c2ccccc21. The maximum Gasteiger partial charge on any atom is 0.225 e. The average Bonchev–Trinajstić information content (AvgIpc) is 3.28. The lowest BCUT2D eigenvalue weighted by atomic mass is 10.1. The van der Waals surface area contributed by atoms with E-state index in [4.69, 9.17) is 4.74 Å². The molecule has 0 bridgehead atoms. The molecule has 0 aliphatic rings. The predicted octanol–water partition coefficient (Wildman–Crippen LogP) is 3.58. The van der Waals surface area contributed by atoms with E-state index in [-0.39, 0.29) is 11.9 Å². The van der Waals surface area contributed by atoms with Gasteiger partial charge in [0.2, 0.25) is 5.91 Å². The molecule has 1 amide bonds. The van der Waals surface area contributed by atoms with Crippen LogP contribution in [0.15, 0.2) is 54.7 Å². The summed E-state index contributed by atoms with van der Waals surface area (Å²) >= 11 is 0. The Balaban J connectivity index is 1.50. The summed E-state index contributed by atoms with van der Waals surface area (Å²) in [5.41, 5.74) is 4.01. The molecule has 4 aromatic rings. The van der Waals surface area contributed by atoms with Crippen molar-refractivity contribution in [3.05, 3.63) is 66.1 Å². The van der Waals surface area contributed by atoms with Crippen molar-refractivity contribution in [2.75, 3.05) is 13.7 Å². The second kappa shape index (κ2) is 7.86. The Morgan fingerprint density at radius 1 is 1.21 bits per heavy atom. The summed E-state index contributed by atoms with van der Waals surface area (Å²) < 4.78 is 7.34. The van der Waals surface area contributed by atoms with Crippen LogP contribution < -0.4 is 5.32 Å². The largest absolute Gasteiger partial charge is 0.383 e. The van der Waals surface area contributed by atoms with Crippen molar-refractivity contribution >= 4 is 27.8 Å². The standard InChI is InChI=1S/C22H24N4O2/c1-15(22-24-18-8-4-5-9-19(18)25-22)23-21(27)13-16-14-26(11-12-28-2)20-10-6-3-7-17(16)20/h3-10,14-15H,11-13H2,1-2H3,(H,23,27)(H,24,25)/t15-/m0/s1. The number of amides is 1. The van der Waals surface area contributed by atoms with Gasteiger partial charge in [0.15, 0.2) is 0 Å². The molecular weight excluding hydrogens is 352 g/mol. The van der Waals surface area contributed by atoms with Crippen LogP contribution in [-0.2, 0) is 22.5 Å². The van der Waals surface area contributed by atoms with Crippen molar-refractivity contribution in [3.8, 4) is 0 Å². The van der Waals surface area contributed by atoms with Crippen LogP contribution in [0.5, 0.6) is 0 Å². The number of nitrogens with zero attached hydrogens (tertiary/aromatic N) is 2. The lowest BCUT2D eigenvalue weighted by Crippen LogP contribution is -2.28. The second-order valence-corrected chi connectivity index (χ2v) is 6.96. The fourth-order valence-corrected chi connectivity index (χ4v) is 3.55. The van der Waals surface area contributed by atoms with Crippen LogP contribution in [0, 0.1) is 0 Å². The van der Waals surface area contributed by atoms with Crippen LogP contribution in [0.1, 0.15) is 24.4 Å². The molecule has 0 saturated carbocycles. The van der Waals surface area contributed by atoms with Gasteiger partial charge in [0.05, 0.1) is 30.1 Å². The van der Waals surface area contributed by atoms with Crippen molar-refractivity contribution < 1.29 is 9.53 Å². The number of nitrogens with one attached hydrogen (secondary N) is 2. The number of para-hydroxylation sites is 3. The molecule has 0 radical (unpaired) electrons. The monoisotopic (exact) mass is 376 g/mol. The van der Waals surface area contributed by atoms with Crippen molar-refractivity contribution in [1.82, 2.24) is 19.9 Å². The van der Waals surface area contributed by atoms with Crippen LogP contribution in [0.4, 0.5) is 0 Å². The number of carbonyl (C=O) groups excluding carboxylic acids is 1. The first-order valence-corrected chi connectivity index (χ1v) is 9.45. The third-order valence-corrected chi connectivity index (χ3v) is 4.95. The number of imidazole rings is 1. The summed E-state index contributed by atoms with van der Waals surface area (Å²) in [5, 5.41) is 4.16. The summed E-state index contributed by atoms with van der Waals surface area (Å²) in [6, 6.07) is 15.8. The number of carbonyl (C=O) groups is 1. The van der Waals surface area contributed by atoms with Crippen LogP contribution in [-0.4, -0.2) is 34.2 Å². The van der Waals surface area contributed by atoms with Gasteiger partial charge in [-0.15, -0.1) is 0 Å². The predicted molar refractivity (Wildman–Crippen MR) is 110 cm³/mol. The van der Waals surface area contributed by atoms with Crippen LogP contribution in [0.25, 0.3) is 21.9 Å². The molecule has 0 aliphatic heterocycles. The Morgan fingerprint density at radius 3 is 2.82 bits per heavy atom. The molecule has 1 atom stereocenters.